The van der Waals surface area contributed by atoms with Crippen LogP contribution in [0, 0.1) is 6.92 Å². The molecule has 2 rings (SSSR count). The number of aryl methyl sites for hydroxylation is 1. The van der Waals surface area contributed by atoms with Crippen molar-refractivity contribution < 1.29 is 4.79 Å². The topological polar surface area (TPSA) is 29.1 Å². The first-order chi connectivity index (χ1) is 7.16. The summed E-state index contributed by atoms with van der Waals surface area (Å²) in [4.78, 5) is 11.8. The number of carbonyl (C=O) groups excluding carboxylic acids is 1. The first-order valence-corrected chi connectivity index (χ1v) is 5.24. The Morgan fingerprint density at radius 1 is 1.40 bits per heavy atom. The molecule has 1 aliphatic heterocycles. The van der Waals surface area contributed by atoms with E-state index in [1.807, 2.05) is 37.3 Å². The number of fused-ring (bicyclic) bond motifs is 1. The Hall–Kier alpha value is -1.57. The third kappa shape index (κ3) is 2.09. The number of hydrogen-bond acceptors (Lipinski definition) is 2. The lowest BCUT2D eigenvalue weighted by Crippen LogP contribution is -2.17. The average Bonchev–Trinajstić information content (AvgIpc) is 2.18. The maximum absolute atomic E-state index is 11.8. The van der Waals surface area contributed by atoms with E-state index in [0.717, 1.165) is 16.8 Å². The summed E-state index contributed by atoms with van der Waals surface area (Å²) in [6.07, 6.45) is 4.47. The fourth-order valence-electron chi connectivity index (χ4n) is 1.80. The Bertz CT molecular complexity index is 421. The summed E-state index contributed by atoms with van der Waals surface area (Å²) >= 11 is 0. The summed E-state index contributed by atoms with van der Waals surface area (Å²) in [6.45, 7) is 4.08. The molecular formula is C13H15NO. The maximum atomic E-state index is 11.8. The van der Waals surface area contributed by atoms with Crippen LogP contribution in [-0.4, -0.2) is 11.8 Å². The summed E-state index contributed by atoms with van der Waals surface area (Å²) in [6, 6.07) is 6.24. The molecule has 0 saturated heterocycles. The van der Waals surface area contributed by atoms with Gasteiger partial charge in [0.25, 0.3) is 0 Å². The van der Waals surface area contributed by atoms with Crippen molar-refractivity contribution in [2.75, 3.05) is 5.32 Å². The molecule has 0 bridgehead atoms. The third-order valence-corrected chi connectivity index (χ3v) is 2.59. The predicted octanol–water partition coefficient (Wildman–Crippen LogP) is 2.94. The number of Topliss-reactive ketones (excluding diaryl/α,β-unsaturated/α-hetero) is 1. The fraction of sp³-hybridized carbons (Fsp3) is 0.308. The second-order valence-corrected chi connectivity index (χ2v) is 4.04. The monoisotopic (exact) mass is 201 g/mol. The summed E-state index contributed by atoms with van der Waals surface area (Å²) in [5, 5.41) is 3.31. The van der Waals surface area contributed by atoms with E-state index in [1.54, 1.807) is 0 Å². The molecule has 0 saturated carbocycles. The third-order valence-electron chi connectivity index (χ3n) is 2.59. The summed E-state index contributed by atoms with van der Waals surface area (Å²) < 4.78 is 0. The van der Waals surface area contributed by atoms with Gasteiger partial charge >= 0.3 is 0 Å². The Balaban J connectivity index is 2.46. The van der Waals surface area contributed by atoms with Crippen molar-refractivity contribution in [3.8, 4) is 0 Å². The molecule has 15 heavy (non-hydrogen) atoms. The molecule has 1 heterocycles. The van der Waals surface area contributed by atoms with E-state index in [9.17, 15) is 4.79 Å². The van der Waals surface area contributed by atoms with Gasteiger partial charge in [-0.2, -0.15) is 0 Å². The largest absolute Gasteiger partial charge is 0.379 e. The molecule has 0 amide bonds. The molecule has 2 heteroatoms. The number of anilines is 1. The van der Waals surface area contributed by atoms with Gasteiger partial charge in [0.1, 0.15) is 0 Å². The van der Waals surface area contributed by atoms with Crippen LogP contribution in [0.3, 0.4) is 0 Å². The van der Waals surface area contributed by atoms with Gasteiger partial charge in [0.05, 0.1) is 0 Å². The molecule has 1 aromatic rings. The molecule has 0 aliphatic carbocycles. The molecule has 78 valence electrons. The Morgan fingerprint density at radius 3 is 3.00 bits per heavy atom. The highest BCUT2D eigenvalue weighted by Gasteiger charge is 2.13. The van der Waals surface area contributed by atoms with Crippen LogP contribution in [0.5, 0.6) is 0 Å². The highest BCUT2D eigenvalue weighted by atomic mass is 16.1. The van der Waals surface area contributed by atoms with Crippen LogP contribution in [0.4, 0.5) is 5.69 Å². The summed E-state index contributed by atoms with van der Waals surface area (Å²) in [5.74, 6) is 0.185. The normalized spacial score (nSPS) is 22.3. The molecule has 1 atom stereocenters. The van der Waals surface area contributed by atoms with Gasteiger partial charge < -0.3 is 5.32 Å². The molecule has 1 unspecified atom stereocenters. The van der Waals surface area contributed by atoms with Crippen LogP contribution in [-0.2, 0) is 0 Å². The zero-order chi connectivity index (χ0) is 10.8. The Labute approximate surface area is 90.0 Å². The molecule has 1 aliphatic rings. The van der Waals surface area contributed by atoms with Gasteiger partial charge in [0.15, 0.2) is 5.78 Å². The van der Waals surface area contributed by atoms with Crippen LogP contribution >= 0.6 is 0 Å². The quantitative estimate of drug-likeness (QED) is 0.654. The summed E-state index contributed by atoms with van der Waals surface area (Å²) in [7, 11) is 0. The molecule has 2 nitrogen and oxygen atoms in total. The number of benzene rings is 1. The minimum atomic E-state index is 0.185. The van der Waals surface area contributed by atoms with E-state index in [4.69, 9.17) is 0 Å². The van der Waals surface area contributed by atoms with Gasteiger partial charge in [0.2, 0.25) is 0 Å². The van der Waals surface area contributed by atoms with Gasteiger partial charge in [-0.25, -0.2) is 0 Å². The predicted molar refractivity (Wildman–Crippen MR) is 62.4 cm³/mol. The number of rotatable bonds is 0. The minimum absolute atomic E-state index is 0.185. The van der Waals surface area contributed by atoms with Crippen LogP contribution in [0.1, 0.15) is 29.3 Å². The molecule has 0 fully saturated rings. The Kier molecular flexibility index (Phi) is 2.58. The van der Waals surface area contributed by atoms with Crippen LogP contribution in [0.15, 0.2) is 30.4 Å². The van der Waals surface area contributed by atoms with Crippen LogP contribution < -0.4 is 5.32 Å². The van der Waals surface area contributed by atoms with Crippen LogP contribution in [0.2, 0.25) is 0 Å². The maximum Gasteiger partial charge on any atom is 0.168 e. The van der Waals surface area contributed by atoms with E-state index in [0.29, 0.717) is 6.42 Å². The number of allylic oxidation sites excluding steroid dienone is 1. The van der Waals surface area contributed by atoms with E-state index >= 15 is 0 Å². The van der Waals surface area contributed by atoms with Crippen molar-refractivity contribution >= 4 is 11.5 Å². The number of nitrogens with one attached hydrogen (secondary N) is 1. The molecular weight excluding hydrogens is 186 g/mol. The Morgan fingerprint density at radius 2 is 2.20 bits per heavy atom. The van der Waals surface area contributed by atoms with Crippen molar-refractivity contribution in [3.05, 3.63) is 41.5 Å². The van der Waals surface area contributed by atoms with Crippen molar-refractivity contribution in [1.29, 1.82) is 0 Å². The number of hydrogen-bond donors (Lipinski definition) is 1. The molecule has 1 aromatic carbocycles. The standard InChI is InChI=1S/C13H15NO/c1-9-6-7-12-11(8-9)13(15)5-3-4-10(2)14-12/h3-4,6-8,10,14H,5H2,1-2H3/b4-3-. The first-order valence-electron chi connectivity index (χ1n) is 5.24. The fourth-order valence-corrected chi connectivity index (χ4v) is 1.80. The lowest BCUT2D eigenvalue weighted by Gasteiger charge is -2.17. The highest BCUT2D eigenvalue weighted by molar-refractivity contribution is 6.02. The van der Waals surface area contributed by atoms with Crippen molar-refractivity contribution in [2.45, 2.75) is 26.3 Å². The molecule has 0 radical (unpaired) electrons. The van der Waals surface area contributed by atoms with E-state index in [1.165, 1.54) is 0 Å². The second-order valence-electron chi connectivity index (χ2n) is 4.04. The number of ketones is 1. The minimum Gasteiger partial charge on any atom is -0.379 e. The van der Waals surface area contributed by atoms with E-state index in [-0.39, 0.29) is 11.8 Å². The van der Waals surface area contributed by atoms with Crippen LogP contribution in [0.25, 0.3) is 0 Å². The smallest absolute Gasteiger partial charge is 0.168 e. The van der Waals surface area contributed by atoms with E-state index < -0.39 is 0 Å². The zero-order valence-electron chi connectivity index (χ0n) is 9.08. The molecule has 0 spiro atoms. The summed E-state index contributed by atoms with van der Waals surface area (Å²) in [5.41, 5.74) is 2.88. The SMILES string of the molecule is Cc1ccc2c(c1)C(=O)C/C=C\C(C)N2. The highest BCUT2D eigenvalue weighted by Crippen LogP contribution is 2.22. The van der Waals surface area contributed by atoms with Gasteiger partial charge in [-0.1, -0.05) is 23.8 Å². The number of carbonyl (C=O) groups is 1. The lowest BCUT2D eigenvalue weighted by atomic mass is 10.0. The van der Waals surface area contributed by atoms with Gasteiger partial charge in [-0.3, -0.25) is 4.79 Å². The van der Waals surface area contributed by atoms with Crippen molar-refractivity contribution in [2.24, 2.45) is 0 Å². The van der Waals surface area contributed by atoms with Gasteiger partial charge in [-0.15, -0.1) is 0 Å². The first kappa shape index (κ1) is 9.97. The van der Waals surface area contributed by atoms with Crippen molar-refractivity contribution in [3.63, 3.8) is 0 Å². The second kappa shape index (κ2) is 3.89. The zero-order valence-corrected chi connectivity index (χ0v) is 9.08. The van der Waals surface area contributed by atoms with Gasteiger partial charge in [0, 0.05) is 23.7 Å². The lowest BCUT2D eigenvalue weighted by molar-refractivity contribution is 0.0996. The average molecular weight is 201 g/mol. The molecule has 1 N–H and O–H groups in total. The van der Waals surface area contributed by atoms with Gasteiger partial charge in [-0.05, 0) is 26.0 Å². The van der Waals surface area contributed by atoms with E-state index in [2.05, 4.69) is 12.2 Å². The van der Waals surface area contributed by atoms with Crippen molar-refractivity contribution in [1.82, 2.24) is 0 Å². The molecule has 0 aromatic heterocycles.